The summed E-state index contributed by atoms with van der Waals surface area (Å²) in [5.74, 6) is 5.51. The summed E-state index contributed by atoms with van der Waals surface area (Å²) in [5, 5.41) is 8.78. The molecule has 0 radical (unpaired) electrons. The van der Waals surface area contributed by atoms with Crippen LogP contribution in [-0.2, 0) is 11.3 Å². The number of hydrogen-bond acceptors (Lipinski definition) is 3. The zero-order valence-electron chi connectivity index (χ0n) is 13.0. The molecule has 1 aromatic carbocycles. The topological polar surface area (TPSA) is 32.7 Å². The van der Waals surface area contributed by atoms with Crippen LogP contribution >= 0.6 is 0 Å². The smallest absolute Gasteiger partial charge is 0.124 e. The maximum Gasteiger partial charge on any atom is 0.124 e. The first-order chi connectivity index (χ1) is 10.1. The molecular formula is C17H24FNO2. The van der Waals surface area contributed by atoms with E-state index in [1.807, 2.05) is 0 Å². The monoisotopic (exact) mass is 293 g/mol. The number of hydrogen-bond donors (Lipinski definition) is 1. The Morgan fingerprint density at radius 1 is 1.38 bits per heavy atom. The fourth-order valence-corrected chi connectivity index (χ4v) is 1.96. The van der Waals surface area contributed by atoms with Gasteiger partial charge in [-0.3, -0.25) is 4.90 Å². The van der Waals surface area contributed by atoms with Crippen molar-refractivity contribution < 1.29 is 14.2 Å². The van der Waals surface area contributed by atoms with Gasteiger partial charge >= 0.3 is 0 Å². The molecule has 0 amide bonds. The summed E-state index contributed by atoms with van der Waals surface area (Å²) in [5.41, 5.74) is 1.68. The van der Waals surface area contributed by atoms with E-state index >= 15 is 0 Å². The van der Waals surface area contributed by atoms with Gasteiger partial charge in [0.15, 0.2) is 0 Å². The highest BCUT2D eigenvalue weighted by Gasteiger charge is 2.12. The van der Waals surface area contributed by atoms with E-state index in [4.69, 9.17) is 9.84 Å². The number of halogens is 1. The van der Waals surface area contributed by atoms with Crippen molar-refractivity contribution in [2.45, 2.75) is 32.9 Å². The van der Waals surface area contributed by atoms with Crippen molar-refractivity contribution in [3.05, 3.63) is 35.1 Å². The first-order valence-electron chi connectivity index (χ1n) is 7.19. The van der Waals surface area contributed by atoms with Crippen LogP contribution in [0.4, 0.5) is 4.39 Å². The number of aliphatic hydroxyl groups excluding tert-OH is 1. The van der Waals surface area contributed by atoms with Crippen LogP contribution in [0.1, 0.15) is 31.4 Å². The number of ether oxygens (including phenoxy) is 1. The predicted molar refractivity (Wildman–Crippen MR) is 82.4 cm³/mol. The van der Waals surface area contributed by atoms with Gasteiger partial charge in [-0.2, -0.15) is 0 Å². The van der Waals surface area contributed by atoms with Crippen LogP contribution in [0.15, 0.2) is 18.2 Å². The lowest BCUT2D eigenvalue weighted by molar-refractivity contribution is 0.125. The van der Waals surface area contributed by atoms with E-state index in [-0.39, 0.29) is 12.4 Å². The highest BCUT2D eigenvalue weighted by molar-refractivity contribution is 5.41. The average Bonchev–Trinajstić information content (AvgIpc) is 2.45. The molecule has 0 aromatic heterocycles. The van der Waals surface area contributed by atoms with Crippen molar-refractivity contribution in [1.82, 2.24) is 4.90 Å². The van der Waals surface area contributed by atoms with Crippen LogP contribution in [0.25, 0.3) is 0 Å². The number of methoxy groups -OCH3 is 1. The van der Waals surface area contributed by atoms with Crippen LogP contribution in [0, 0.1) is 17.7 Å². The highest BCUT2D eigenvalue weighted by Crippen LogP contribution is 2.15. The Balaban J connectivity index is 2.92. The zero-order valence-corrected chi connectivity index (χ0v) is 13.0. The van der Waals surface area contributed by atoms with Gasteiger partial charge in [0, 0.05) is 38.2 Å². The van der Waals surface area contributed by atoms with Crippen LogP contribution in [0.3, 0.4) is 0 Å². The van der Waals surface area contributed by atoms with Crippen LogP contribution in [0.5, 0.6) is 0 Å². The van der Waals surface area contributed by atoms with Crippen molar-refractivity contribution >= 4 is 0 Å². The number of aliphatic hydroxyl groups is 1. The minimum atomic E-state index is -0.292. The number of benzene rings is 1. The summed E-state index contributed by atoms with van der Waals surface area (Å²) in [6.07, 6.45) is 0.396. The Bertz CT molecular complexity index is 491. The van der Waals surface area contributed by atoms with Crippen molar-refractivity contribution in [3.63, 3.8) is 0 Å². The summed E-state index contributed by atoms with van der Waals surface area (Å²) < 4.78 is 18.5. The molecule has 1 rings (SSSR count). The van der Waals surface area contributed by atoms with Gasteiger partial charge < -0.3 is 9.84 Å². The third kappa shape index (κ3) is 6.26. The molecule has 0 atom stereocenters. The molecular weight excluding hydrogens is 269 g/mol. The molecule has 0 unspecified atom stereocenters. The van der Waals surface area contributed by atoms with Gasteiger partial charge in [0.2, 0.25) is 0 Å². The molecule has 0 heterocycles. The number of nitrogens with zero attached hydrogens (tertiary/aromatic N) is 1. The predicted octanol–water partition coefficient (Wildman–Crippen LogP) is 2.42. The second-order valence-corrected chi connectivity index (χ2v) is 5.13. The number of rotatable bonds is 7. The minimum absolute atomic E-state index is 0.0175. The Labute approximate surface area is 126 Å². The molecule has 0 aliphatic carbocycles. The van der Waals surface area contributed by atoms with Crippen molar-refractivity contribution in [2.24, 2.45) is 0 Å². The van der Waals surface area contributed by atoms with Crippen LogP contribution < -0.4 is 0 Å². The molecule has 0 saturated carbocycles. The molecule has 0 fully saturated rings. The van der Waals surface area contributed by atoms with Gasteiger partial charge in [0.25, 0.3) is 0 Å². The van der Waals surface area contributed by atoms with Gasteiger partial charge in [-0.05, 0) is 31.5 Å². The van der Waals surface area contributed by atoms with E-state index in [0.29, 0.717) is 31.2 Å². The van der Waals surface area contributed by atoms with Crippen LogP contribution in [-0.4, -0.2) is 42.9 Å². The van der Waals surface area contributed by atoms with E-state index in [0.717, 1.165) is 12.1 Å². The standard InChI is InChI=1S/C17H24FNO2/c1-14(2)19(9-11-21-3)13-16-7-8-17(18)12-15(16)6-4-5-10-20/h7-8,12,14,20H,5,9-11,13H2,1-3H3. The summed E-state index contributed by atoms with van der Waals surface area (Å²) in [6, 6.07) is 5.06. The van der Waals surface area contributed by atoms with E-state index in [2.05, 4.69) is 30.6 Å². The molecule has 1 N–H and O–H groups in total. The van der Waals surface area contributed by atoms with Gasteiger partial charge in [-0.15, -0.1) is 0 Å². The molecule has 0 saturated heterocycles. The fourth-order valence-electron chi connectivity index (χ4n) is 1.96. The van der Waals surface area contributed by atoms with Gasteiger partial charge in [-0.1, -0.05) is 17.9 Å². The molecule has 0 aliphatic heterocycles. The molecule has 4 heteroatoms. The van der Waals surface area contributed by atoms with Gasteiger partial charge in [0.1, 0.15) is 5.82 Å². The average molecular weight is 293 g/mol. The van der Waals surface area contributed by atoms with Crippen molar-refractivity contribution in [1.29, 1.82) is 0 Å². The molecule has 3 nitrogen and oxygen atoms in total. The second-order valence-electron chi connectivity index (χ2n) is 5.13. The summed E-state index contributed by atoms with van der Waals surface area (Å²) in [7, 11) is 1.68. The Morgan fingerprint density at radius 3 is 2.76 bits per heavy atom. The third-order valence-corrected chi connectivity index (χ3v) is 3.22. The lowest BCUT2D eigenvalue weighted by Gasteiger charge is -2.26. The molecule has 1 aromatic rings. The minimum Gasteiger partial charge on any atom is -0.395 e. The lowest BCUT2D eigenvalue weighted by atomic mass is 10.1. The fraction of sp³-hybridized carbons (Fsp3) is 0.529. The highest BCUT2D eigenvalue weighted by atomic mass is 19.1. The first-order valence-corrected chi connectivity index (χ1v) is 7.19. The lowest BCUT2D eigenvalue weighted by Crippen LogP contribution is -2.33. The van der Waals surface area contributed by atoms with Crippen LogP contribution in [0.2, 0.25) is 0 Å². The molecule has 0 bridgehead atoms. The summed E-state index contributed by atoms with van der Waals surface area (Å²) in [4.78, 5) is 2.26. The Kier molecular flexibility index (Phi) is 7.99. The molecule has 0 spiro atoms. The molecule has 116 valence electrons. The zero-order chi connectivity index (χ0) is 15.7. The Hall–Kier alpha value is -1.41. The van der Waals surface area contributed by atoms with E-state index in [1.165, 1.54) is 12.1 Å². The SMILES string of the molecule is COCCN(Cc1ccc(F)cc1C#CCCO)C(C)C. The van der Waals surface area contributed by atoms with E-state index in [1.54, 1.807) is 13.2 Å². The first kappa shape index (κ1) is 17.6. The second kappa shape index (κ2) is 9.51. The maximum absolute atomic E-state index is 13.4. The van der Waals surface area contributed by atoms with E-state index < -0.39 is 0 Å². The van der Waals surface area contributed by atoms with Gasteiger partial charge in [0.05, 0.1) is 13.2 Å². The summed E-state index contributed by atoms with van der Waals surface area (Å²) in [6.45, 7) is 6.43. The van der Waals surface area contributed by atoms with Gasteiger partial charge in [-0.25, -0.2) is 4.39 Å². The normalized spacial score (nSPS) is 10.8. The molecule has 21 heavy (non-hydrogen) atoms. The van der Waals surface area contributed by atoms with Crippen molar-refractivity contribution in [3.8, 4) is 11.8 Å². The Morgan fingerprint density at radius 2 is 2.14 bits per heavy atom. The summed E-state index contributed by atoms with van der Waals surface area (Å²) >= 11 is 0. The largest absolute Gasteiger partial charge is 0.395 e. The quantitative estimate of drug-likeness (QED) is 0.784. The maximum atomic E-state index is 13.4. The van der Waals surface area contributed by atoms with Crippen molar-refractivity contribution in [2.75, 3.05) is 26.9 Å². The van der Waals surface area contributed by atoms with E-state index in [9.17, 15) is 4.39 Å². The molecule has 0 aliphatic rings. The third-order valence-electron chi connectivity index (χ3n) is 3.22.